The van der Waals surface area contributed by atoms with Crippen molar-refractivity contribution >= 4 is 11.6 Å². The number of pyridine rings is 1. The molecule has 0 unspecified atom stereocenters. The van der Waals surface area contributed by atoms with Gasteiger partial charge in [-0.15, -0.1) is 0 Å². The average Bonchev–Trinajstić information content (AvgIpc) is 3.13. The Morgan fingerprint density at radius 2 is 2.00 bits per heavy atom. The number of ether oxygens (including phenoxy) is 1. The van der Waals surface area contributed by atoms with E-state index in [4.69, 9.17) is 10.00 Å². The fourth-order valence-corrected chi connectivity index (χ4v) is 2.64. The van der Waals surface area contributed by atoms with Crippen molar-refractivity contribution in [2.24, 2.45) is 0 Å². The molecule has 0 N–H and O–H groups in total. The quantitative estimate of drug-likeness (QED) is 0.625. The molecule has 1 aromatic carbocycles. The van der Waals surface area contributed by atoms with Gasteiger partial charge in [-0.1, -0.05) is 6.07 Å². The van der Waals surface area contributed by atoms with Gasteiger partial charge in [0.2, 0.25) is 0 Å². The van der Waals surface area contributed by atoms with E-state index in [0.717, 1.165) is 22.6 Å². The van der Waals surface area contributed by atoms with Crippen molar-refractivity contribution in [1.82, 2.24) is 14.8 Å². The highest BCUT2D eigenvalue weighted by atomic mass is 16.5. The van der Waals surface area contributed by atoms with Crippen LogP contribution >= 0.6 is 0 Å². The molecule has 3 aromatic rings. The number of hydrogen-bond donors (Lipinski definition) is 0. The van der Waals surface area contributed by atoms with Crippen LogP contribution in [0.4, 0.5) is 0 Å². The minimum absolute atomic E-state index is 0.359. The molecule has 6 nitrogen and oxygen atoms in total. The van der Waals surface area contributed by atoms with Crippen molar-refractivity contribution in [2.45, 2.75) is 13.0 Å². The Labute approximate surface area is 157 Å². The first-order valence-corrected chi connectivity index (χ1v) is 8.37. The van der Waals surface area contributed by atoms with Crippen LogP contribution in [-0.4, -0.2) is 21.9 Å². The Morgan fingerprint density at radius 3 is 2.63 bits per heavy atom. The van der Waals surface area contributed by atoms with Crippen LogP contribution in [0, 0.1) is 22.7 Å². The van der Waals surface area contributed by atoms with E-state index in [1.807, 2.05) is 36.5 Å². The van der Waals surface area contributed by atoms with Crippen molar-refractivity contribution in [2.75, 3.05) is 7.11 Å². The summed E-state index contributed by atoms with van der Waals surface area (Å²) < 4.78 is 6.93. The van der Waals surface area contributed by atoms with Gasteiger partial charge in [-0.2, -0.15) is 15.6 Å². The molecule has 0 saturated carbocycles. The standard InChI is InChI=1S/C21H17N5O/c1-27-19-8-6-16(7-9-19)21-18(15-26(25-21)12-4-10-22)13-17(14-23)20-5-2-3-11-24-20/h2-3,5-9,11,13,15H,4,12H2,1H3/b17-13-. The number of aryl methyl sites for hydroxylation is 1. The monoisotopic (exact) mass is 355 g/mol. The van der Waals surface area contributed by atoms with E-state index in [-0.39, 0.29) is 0 Å². The summed E-state index contributed by atoms with van der Waals surface area (Å²) in [6, 6.07) is 17.3. The lowest BCUT2D eigenvalue weighted by molar-refractivity contribution is 0.415. The predicted octanol–water partition coefficient (Wildman–Crippen LogP) is 3.93. The summed E-state index contributed by atoms with van der Waals surface area (Å²) in [5.41, 5.74) is 3.48. The van der Waals surface area contributed by atoms with Crippen molar-refractivity contribution in [3.63, 3.8) is 0 Å². The van der Waals surface area contributed by atoms with Gasteiger partial charge in [-0.05, 0) is 42.5 Å². The molecule has 132 valence electrons. The Morgan fingerprint density at radius 1 is 1.19 bits per heavy atom. The molecule has 0 aliphatic rings. The second-order valence-electron chi connectivity index (χ2n) is 5.72. The van der Waals surface area contributed by atoms with Crippen LogP contribution in [0.15, 0.2) is 54.9 Å². The molecule has 27 heavy (non-hydrogen) atoms. The lowest BCUT2D eigenvalue weighted by Gasteiger charge is -2.03. The molecule has 0 aliphatic heterocycles. The van der Waals surface area contributed by atoms with Gasteiger partial charge in [-0.25, -0.2) is 0 Å². The lowest BCUT2D eigenvalue weighted by Crippen LogP contribution is -1.97. The highest BCUT2D eigenvalue weighted by molar-refractivity contribution is 5.91. The van der Waals surface area contributed by atoms with Gasteiger partial charge in [0, 0.05) is 23.5 Å². The van der Waals surface area contributed by atoms with Crippen LogP contribution in [-0.2, 0) is 6.54 Å². The first-order valence-electron chi connectivity index (χ1n) is 8.37. The second-order valence-corrected chi connectivity index (χ2v) is 5.72. The number of rotatable bonds is 6. The predicted molar refractivity (Wildman–Crippen MR) is 102 cm³/mol. The van der Waals surface area contributed by atoms with Gasteiger partial charge in [0.25, 0.3) is 0 Å². The SMILES string of the molecule is COc1ccc(-c2nn(CCC#N)cc2/C=C(/C#N)c2ccccn2)cc1. The molecule has 0 radical (unpaired) electrons. The summed E-state index contributed by atoms with van der Waals surface area (Å²) in [5, 5.41) is 23.0. The lowest BCUT2D eigenvalue weighted by atomic mass is 10.0. The maximum absolute atomic E-state index is 9.57. The molecule has 0 aliphatic carbocycles. The summed E-state index contributed by atoms with van der Waals surface area (Å²) in [4.78, 5) is 4.25. The van der Waals surface area contributed by atoms with Crippen molar-refractivity contribution in [1.29, 1.82) is 10.5 Å². The molecule has 0 bridgehead atoms. The van der Waals surface area contributed by atoms with Gasteiger partial charge < -0.3 is 4.74 Å². The number of aromatic nitrogens is 3. The first kappa shape index (κ1) is 17.9. The van der Waals surface area contributed by atoms with E-state index in [9.17, 15) is 5.26 Å². The molecule has 0 atom stereocenters. The highest BCUT2D eigenvalue weighted by Gasteiger charge is 2.12. The van der Waals surface area contributed by atoms with Gasteiger partial charge in [0.15, 0.2) is 0 Å². The molecular weight excluding hydrogens is 338 g/mol. The Balaban J connectivity index is 2.07. The van der Waals surface area contributed by atoms with Crippen LogP contribution in [0.5, 0.6) is 5.75 Å². The summed E-state index contributed by atoms with van der Waals surface area (Å²) in [6.07, 6.45) is 5.63. The molecule has 6 heteroatoms. The third-order valence-electron chi connectivity index (χ3n) is 3.97. The molecule has 2 aromatic heterocycles. The minimum Gasteiger partial charge on any atom is -0.497 e. The Hall–Kier alpha value is -3.90. The topological polar surface area (TPSA) is 87.5 Å². The normalized spacial score (nSPS) is 10.9. The van der Waals surface area contributed by atoms with Gasteiger partial charge in [-0.3, -0.25) is 9.67 Å². The van der Waals surface area contributed by atoms with Gasteiger partial charge in [0.1, 0.15) is 11.8 Å². The third-order valence-corrected chi connectivity index (χ3v) is 3.97. The van der Waals surface area contributed by atoms with Crippen molar-refractivity contribution in [3.05, 3.63) is 66.1 Å². The minimum atomic E-state index is 0.359. The maximum atomic E-state index is 9.57. The zero-order chi connectivity index (χ0) is 19.1. The summed E-state index contributed by atoms with van der Waals surface area (Å²) in [6.45, 7) is 0.485. The fraction of sp³-hybridized carbons (Fsp3) is 0.143. The van der Waals surface area contributed by atoms with Gasteiger partial charge in [0.05, 0.1) is 43.1 Å². The molecule has 3 rings (SSSR count). The number of nitrogens with zero attached hydrogens (tertiary/aromatic N) is 5. The molecule has 0 amide bonds. The van der Waals surface area contributed by atoms with Crippen LogP contribution in [0.1, 0.15) is 17.7 Å². The number of hydrogen-bond acceptors (Lipinski definition) is 5. The smallest absolute Gasteiger partial charge is 0.118 e. The Bertz CT molecular complexity index is 1020. The van der Waals surface area contributed by atoms with Crippen molar-refractivity contribution < 1.29 is 4.74 Å². The summed E-state index contributed by atoms with van der Waals surface area (Å²) >= 11 is 0. The first-order chi connectivity index (χ1) is 13.2. The molecule has 0 fully saturated rings. The number of benzene rings is 1. The molecular formula is C21H17N5O. The zero-order valence-corrected chi connectivity index (χ0v) is 14.8. The van der Waals surface area contributed by atoms with E-state index >= 15 is 0 Å². The van der Waals surface area contributed by atoms with E-state index < -0.39 is 0 Å². The number of nitriles is 2. The molecule has 0 spiro atoms. The van der Waals surface area contributed by atoms with Crippen LogP contribution in [0.2, 0.25) is 0 Å². The van der Waals surface area contributed by atoms with Crippen LogP contribution in [0.25, 0.3) is 22.9 Å². The molecule has 2 heterocycles. The van der Waals surface area contributed by atoms with E-state index in [2.05, 4.69) is 22.2 Å². The maximum Gasteiger partial charge on any atom is 0.118 e. The largest absolute Gasteiger partial charge is 0.497 e. The zero-order valence-electron chi connectivity index (χ0n) is 14.8. The molecule has 0 saturated heterocycles. The summed E-state index contributed by atoms with van der Waals surface area (Å²) in [5.74, 6) is 0.756. The second kappa shape index (κ2) is 8.46. The number of methoxy groups -OCH3 is 1. The average molecular weight is 355 g/mol. The highest BCUT2D eigenvalue weighted by Crippen LogP contribution is 2.27. The van der Waals surface area contributed by atoms with Gasteiger partial charge >= 0.3 is 0 Å². The Kier molecular flexibility index (Phi) is 5.61. The van der Waals surface area contributed by atoms with E-state index in [1.54, 1.807) is 36.2 Å². The van der Waals surface area contributed by atoms with Crippen molar-refractivity contribution in [3.8, 4) is 29.1 Å². The van der Waals surface area contributed by atoms with E-state index in [1.165, 1.54) is 0 Å². The fourth-order valence-electron chi connectivity index (χ4n) is 2.64. The third kappa shape index (κ3) is 4.20. The summed E-state index contributed by atoms with van der Waals surface area (Å²) in [7, 11) is 1.62. The van der Waals surface area contributed by atoms with Crippen LogP contribution in [0.3, 0.4) is 0 Å². The van der Waals surface area contributed by atoms with E-state index in [0.29, 0.717) is 24.2 Å². The number of allylic oxidation sites excluding steroid dienone is 1. The van der Waals surface area contributed by atoms with Crippen LogP contribution < -0.4 is 4.74 Å².